The topological polar surface area (TPSA) is 39.9 Å². The highest BCUT2D eigenvalue weighted by atomic mass is 16.4. The van der Waals surface area contributed by atoms with Crippen molar-refractivity contribution in [1.82, 2.24) is 14.7 Å². The van der Waals surface area contributed by atoms with Gasteiger partial charge in [-0.05, 0) is 38.1 Å². The van der Waals surface area contributed by atoms with Crippen LogP contribution in [0.4, 0.5) is 0 Å². The second kappa shape index (κ2) is 6.84. The molecule has 0 saturated carbocycles. The smallest absolute Gasteiger partial charge is 0.289 e. The summed E-state index contributed by atoms with van der Waals surface area (Å²) in [5.74, 6) is 2.54. The van der Waals surface area contributed by atoms with Gasteiger partial charge in [0.1, 0.15) is 5.76 Å². The molecule has 124 valence electrons. The molecule has 22 heavy (non-hydrogen) atoms. The Balaban J connectivity index is 2.01. The lowest BCUT2D eigenvalue weighted by Crippen LogP contribution is -2.37. The first-order valence-electron chi connectivity index (χ1n) is 7.98. The van der Waals surface area contributed by atoms with Crippen LogP contribution in [-0.2, 0) is 6.54 Å². The van der Waals surface area contributed by atoms with Crippen molar-refractivity contribution in [2.24, 2.45) is 11.8 Å². The Bertz CT molecular complexity index is 492. The van der Waals surface area contributed by atoms with Gasteiger partial charge in [0.25, 0.3) is 5.91 Å². The fraction of sp³-hybridized carbons (Fsp3) is 0.706. The van der Waals surface area contributed by atoms with Gasteiger partial charge in [0.2, 0.25) is 0 Å². The number of likely N-dealkylation sites (N-methyl/N-ethyl adjacent to an activating group) is 1. The third-order valence-corrected chi connectivity index (χ3v) is 4.59. The van der Waals surface area contributed by atoms with Crippen LogP contribution in [0.3, 0.4) is 0 Å². The Morgan fingerprint density at radius 2 is 1.95 bits per heavy atom. The fourth-order valence-corrected chi connectivity index (χ4v) is 3.24. The third kappa shape index (κ3) is 3.70. The van der Waals surface area contributed by atoms with Crippen LogP contribution in [0.25, 0.3) is 0 Å². The summed E-state index contributed by atoms with van der Waals surface area (Å²) >= 11 is 0. The highest BCUT2D eigenvalue weighted by molar-refractivity contribution is 5.91. The molecular formula is C17H29N3O2. The molecule has 1 aromatic rings. The van der Waals surface area contributed by atoms with Gasteiger partial charge in [-0.2, -0.15) is 0 Å². The van der Waals surface area contributed by atoms with E-state index in [4.69, 9.17) is 4.42 Å². The van der Waals surface area contributed by atoms with E-state index >= 15 is 0 Å². The first-order chi connectivity index (χ1) is 10.3. The molecule has 2 heterocycles. The van der Waals surface area contributed by atoms with E-state index in [9.17, 15) is 4.79 Å². The van der Waals surface area contributed by atoms with Crippen LogP contribution in [-0.4, -0.2) is 67.9 Å². The molecular weight excluding hydrogens is 278 g/mol. The van der Waals surface area contributed by atoms with Gasteiger partial charge >= 0.3 is 0 Å². The second-order valence-electron chi connectivity index (χ2n) is 7.10. The number of amides is 1. The Kier molecular flexibility index (Phi) is 5.29. The molecule has 2 atom stereocenters. The average molecular weight is 307 g/mol. The molecule has 1 fully saturated rings. The minimum absolute atomic E-state index is 0.0844. The van der Waals surface area contributed by atoms with Crippen molar-refractivity contribution >= 4 is 5.91 Å². The van der Waals surface area contributed by atoms with Crippen LogP contribution in [0.15, 0.2) is 16.5 Å². The Hall–Kier alpha value is -1.33. The first-order valence-corrected chi connectivity index (χ1v) is 7.98. The number of likely N-dealkylation sites (tertiary alicyclic amines) is 1. The Morgan fingerprint density at radius 3 is 2.45 bits per heavy atom. The molecule has 1 aliphatic heterocycles. The number of furan rings is 1. The zero-order valence-corrected chi connectivity index (χ0v) is 14.7. The standard InChI is InChI=1S/C17H29N3O2/c1-12(2)14-10-20(11-15(14)18(3)4)9-13-7-8-16(22-13)17(21)19(5)6/h7-8,12,14-15H,9-11H2,1-6H3/t14-,15+/m1/s1. The van der Waals surface area contributed by atoms with Gasteiger partial charge in [-0.25, -0.2) is 0 Å². The highest BCUT2D eigenvalue weighted by Crippen LogP contribution is 2.28. The van der Waals surface area contributed by atoms with E-state index in [1.54, 1.807) is 20.2 Å². The SMILES string of the molecule is CC(C)[C@H]1CN(Cc2ccc(C(=O)N(C)C)o2)C[C@@H]1N(C)C. The van der Waals surface area contributed by atoms with Gasteiger partial charge in [-0.3, -0.25) is 9.69 Å². The van der Waals surface area contributed by atoms with E-state index in [0.717, 1.165) is 25.4 Å². The van der Waals surface area contributed by atoms with E-state index in [0.29, 0.717) is 23.6 Å². The first kappa shape index (κ1) is 17.0. The normalized spacial score (nSPS) is 22.7. The fourth-order valence-electron chi connectivity index (χ4n) is 3.24. The van der Waals surface area contributed by atoms with Crippen LogP contribution in [0.5, 0.6) is 0 Å². The maximum absolute atomic E-state index is 11.9. The zero-order chi connectivity index (χ0) is 16.4. The summed E-state index contributed by atoms with van der Waals surface area (Å²) < 4.78 is 5.71. The average Bonchev–Trinajstić information content (AvgIpc) is 3.05. The molecule has 1 amide bonds. The molecule has 1 aromatic heterocycles. The van der Waals surface area contributed by atoms with Crippen LogP contribution >= 0.6 is 0 Å². The third-order valence-electron chi connectivity index (χ3n) is 4.59. The molecule has 0 spiro atoms. The predicted octanol–water partition coefficient (Wildman–Crippen LogP) is 2.00. The molecule has 0 aliphatic carbocycles. The van der Waals surface area contributed by atoms with Gasteiger partial charge in [-0.15, -0.1) is 0 Å². The van der Waals surface area contributed by atoms with Crippen molar-refractivity contribution in [3.63, 3.8) is 0 Å². The lowest BCUT2D eigenvalue weighted by Gasteiger charge is -2.27. The molecule has 0 radical (unpaired) electrons. The van der Waals surface area contributed by atoms with Gasteiger partial charge < -0.3 is 14.2 Å². The van der Waals surface area contributed by atoms with E-state index in [-0.39, 0.29) is 5.91 Å². The summed E-state index contributed by atoms with van der Waals surface area (Å²) in [6.07, 6.45) is 0. The highest BCUT2D eigenvalue weighted by Gasteiger charge is 2.36. The van der Waals surface area contributed by atoms with E-state index in [1.165, 1.54) is 4.90 Å². The van der Waals surface area contributed by atoms with E-state index in [1.807, 2.05) is 6.07 Å². The summed E-state index contributed by atoms with van der Waals surface area (Å²) in [5.41, 5.74) is 0. The summed E-state index contributed by atoms with van der Waals surface area (Å²) in [5, 5.41) is 0. The Morgan fingerprint density at radius 1 is 1.27 bits per heavy atom. The lowest BCUT2D eigenvalue weighted by molar-refractivity contribution is 0.0793. The van der Waals surface area contributed by atoms with E-state index < -0.39 is 0 Å². The van der Waals surface area contributed by atoms with Gasteiger partial charge in [0.15, 0.2) is 5.76 Å². The summed E-state index contributed by atoms with van der Waals surface area (Å²) in [7, 11) is 7.79. The molecule has 0 aromatic carbocycles. The largest absolute Gasteiger partial charge is 0.455 e. The monoisotopic (exact) mass is 307 g/mol. The van der Waals surface area contributed by atoms with Gasteiger partial charge in [-0.1, -0.05) is 13.8 Å². The van der Waals surface area contributed by atoms with Crippen molar-refractivity contribution in [2.75, 3.05) is 41.3 Å². The number of hydrogen-bond donors (Lipinski definition) is 0. The van der Waals surface area contributed by atoms with Crippen LogP contribution < -0.4 is 0 Å². The second-order valence-corrected chi connectivity index (χ2v) is 7.10. The summed E-state index contributed by atoms with van der Waals surface area (Å²) in [6, 6.07) is 4.28. The number of rotatable bonds is 5. The van der Waals surface area contributed by atoms with Crippen molar-refractivity contribution in [3.05, 3.63) is 23.7 Å². The molecule has 0 unspecified atom stereocenters. The number of nitrogens with zero attached hydrogens (tertiary/aromatic N) is 3. The van der Waals surface area contributed by atoms with Crippen molar-refractivity contribution in [1.29, 1.82) is 0 Å². The zero-order valence-electron chi connectivity index (χ0n) is 14.7. The molecule has 5 heteroatoms. The summed E-state index contributed by atoms with van der Waals surface area (Å²) in [4.78, 5) is 18.2. The maximum Gasteiger partial charge on any atom is 0.289 e. The van der Waals surface area contributed by atoms with Gasteiger partial charge in [0, 0.05) is 33.2 Å². The van der Waals surface area contributed by atoms with Crippen molar-refractivity contribution in [2.45, 2.75) is 26.4 Å². The van der Waals surface area contributed by atoms with Crippen LogP contribution in [0.1, 0.15) is 30.2 Å². The lowest BCUT2D eigenvalue weighted by atomic mass is 9.91. The summed E-state index contributed by atoms with van der Waals surface area (Å²) in [6.45, 7) is 7.50. The Labute approximate surface area is 133 Å². The minimum Gasteiger partial charge on any atom is -0.455 e. The number of carbonyl (C=O) groups excluding carboxylic acids is 1. The number of hydrogen-bond acceptors (Lipinski definition) is 4. The predicted molar refractivity (Wildman–Crippen MR) is 87.8 cm³/mol. The molecule has 0 N–H and O–H groups in total. The molecule has 1 saturated heterocycles. The molecule has 2 rings (SSSR count). The van der Waals surface area contributed by atoms with Crippen molar-refractivity contribution in [3.8, 4) is 0 Å². The molecule has 1 aliphatic rings. The van der Waals surface area contributed by atoms with Crippen LogP contribution in [0, 0.1) is 11.8 Å². The number of carbonyl (C=O) groups is 1. The van der Waals surface area contributed by atoms with E-state index in [2.05, 4.69) is 37.7 Å². The van der Waals surface area contributed by atoms with Crippen LogP contribution in [0.2, 0.25) is 0 Å². The molecule has 0 bridgehead atoms. The maximum atomic E-state index is 11.9. The minimum atomic E-state index is -0.0844. The quantitative estimate of drug-likeness (QED) is 0.834. The van der Waals surface area contributed by atoms with Crippen molar-refractivity contribution < 1.29 is 9.21 Å². The molecule has 5 nitrogen and oxygen atoms in total. The van der Waals surface area contributed by atoms with Gasteiger partial charge in [0.05, 0.1) is 6.54 Å².